The molecule has 0 saturated heterocycles. The van der Waals surface area contributed by atoms with Crippen LogP contribution in [0.3, 0.4) is 0 Å². The summed E-state index contributed by atoms with van der Waals surface area (Å²) in [6.45, 7) is 4.67. The highest BCUT2D eigenvalue weighted by Crippen LogP contribution is 2.50. The quantitative estimate of drug-likeness (QED) is 0.168. The van der Waals surface area contributed by atoms with Crippen molar-refractivity contribution in [3.05, 3.63) is 193 Å². The molecular formula is C57H36O2. The van der Waals surface area contributed by atoms with Gasteiger partial charge in [0.2, 0.25) is 0 Å². The summed E-state index contributed by atoms with van der Waals surface area (Å²) in [4.78, 5) is 0. The Morgan fingerprint density at radius 3 is 1.32 bits per heavy atom. The third-order valence-electron chi connectivity index (χ3n) is 13.3. The predicted molar refractivity (Wildman–Crippen MR) is 247 cm³/mol. The van der Waals surface area contributed by atoms with E-state index >= 15 is 0 Å². The zero-order valence-electron chi connectivity index (χ0n) is 32.6. The van der Waals surface area contributed by atoms with Gasteiger partial charge >= 0.3 is 0 Å². The van der Waals surface area contributed by atoms with E-state index in [1.807, 2.05) is 0 Å². The molecule has 0 amide bonds. The summed E-state index contributed by atoms with van der Waals surface area (Å²) < 4.78 is 13.3. The smallest absolute Gasteiger partial charge is 0.178 e. The van der Waals surface area contributed by atoms with Gasteiger partial charge in [0.1, 0.15) is 11.2 Å². The summed E-state index contributed by atoms with van der Waals surface area (Å²) in [6, 6.07) is 66.6. The Labute approximate surface area is 340 Å². The van der Waals surface area contributed by atoms with Crippen molar-refractivity contribution in [1.29, 1.82) is 0 Å². The van der Waals surface area contributed by atoms with Crippen LogP contribution in [-0.4, -0.2) is 0 Å². The fourth-order valence-corrected chi connectivity index (χ4v) is 10.4. The highest BCUT2D eigenvalue weighted by molar-refractivity contribution is 6.26. The van der Waals surface area contributed by atoms with E-state index in [-0.39, 0.29) is 5.41 Å². The molecule has 10 aromatic carbocycles. The fourth-order valence-electron chi connectivity index (χ4n) is 10.4. The molecule has 2 heteroatoms. The van der Waals surface area contributed by atoms with E-state index in [4.69, 9.17) is 8.83 Å². The Hall–Kier alpha value is -7.42. The van der Waals surface area contributed by atoms with E-state index in [2.05, 4.69) is 196 Å². The number of hydrogen-bond donors (Lipinski definition) is 0. The lowest BCUT2D eigenvalue weighted by atomic mass is 9.81. The average Bonchev–Trinajstić information content (AvgIpc) is 3.93. The van der Waals surface area contributed by atoms with Crippen LogP contribution >= 0.6 is 0 Å². The van der Waals surface area contributed by atoms with Gasteiger partial charge in [0.05, 0.1) is 0 Å². The molecule has 276 valence electrons. The maximum atomic E-state index is 6.65. The zero-order valence-corrected chi connectivity index (χ0v) is 32.6. The van der Waals surface area contributed by atoms with Crippen molar-refractivity contribution < 1.29 is 8.83 Å². The monoisotopic (exact) mass is 752 g/mol. The Kier molecular flexibility index (Phi) is 6.54. The van der Waals surface area contributed by atoms with Crippen LogP contribution in [0.4, 0.5) is 0 Å². The van der Waals surface area contributed by atoms with Gasteiger partial charge < -0.3 is 8.83 Å². The van der Waals surface area contributed by atoms with E-state index in [9.17, 15) is 0 Å². The minimum absolute atomic E-state index is 0.0509. The first kappa shape index (κ1) is 32.6. The first-order chi connectivity index (χ1) is 29.0. The molecule has 2 heterocycles. The number of rotatable bonds is 3. The summed E-state index contributed by atoms with van der Waals surface area (Å²) in [6.07, 6.45) is 0. The van der Waals surface area contributed by atoms with Crippen molar-refractivity contribution in [3.8, 4) is 44.5 Å². The van der Waals surface area contributed by atoms with Crippen molar-refractivity contribution in [2.45, 2.75) is 19.3 Å². The molecule has 2 aromatic heterocycles. The normalized spacial score (nSPS) is 13.4. The summed E-state index contributed by atoms with van der Waals surface area (Å²) >= 11 is 0. The van der Waals surface area contributed by atoms with Gasteiger partial charge in [-0.1, -0.05) is 147 Å². The molecule has 0 fully saturated rings. The molecule has 0 atom stereocenters. The molecule has 59 heavy (non-hydrogen) atoms. The molecule has 0 bridgehead atoms. The van der Waals surface area contributed by atoms with Crippen LogP contribution in [0.15, 0.2) is 191 Å². The lowest BCUT2D eigenvalue weighted by Crippen LogP contribution is -2.14. The minimum atomic E-state index is -0.0509. The molecule has 0 spiro atoms. The molecule has 1 aliphatic rings. The number of fused-ring (bicyclic) bond motifs is 16. The number of benzene rings is 10. The standard InChI is InChI=1S/C57H36O2/c1-57(2)51-18-10-9-17-44(51)45-24-19-34(32-52(45)57)33-21-27-53-49(29-33)46-25-26-47-50-31-36(22-28-54(50)59-56(47)55(46)58-53)38-12-4-3-11-37(38)35-20-23-43-41-15-6-5-13-39(41)40-14-7-8-16-42(40)48(43)30-35/h3-32H,1-2H3. The van der Waals surface area contributed by atoms with E-state index in [1.165, 1.54) is 82.4 Å². The highest BCUT2D eigenvalue weighted by atomic mass is 16.4. The minimum Gasteiger partial charge on any atom is -0.452 e. The van der Waals surface area contributed by atoms with Crippen LogP contribution in [0.1, 0.15) is 25.0 Å². The van der Waals surface area contributed by atoms with Crippen LogP contribution in [0.2, 0.25) is 0 Å². The van der Waals surface area contributed by atoms with Gasteiger partial charge in [0, 0.05) is 27.0 Å². The Balaban J connectivity index is 0.916. The van der Waals surface area contributed by atoms with Crippen molar-refractivity contribution in [2.75, 3.05) is 0 Å². The van der Waals surface area contributed by atoms with Crippen molar-refractivity contribution in [1.82, 2.24) is 0 Å². The number of hydrogen-bond acceptors (Lipinski definition) is 2. The van der Waals surface area contributed by atoms with Crippen LogP contribution in [-0.2, 0) is 5.41 Å². The second-order valence-electron chi connectivity index (χ2n) is 16.8. The van der Waals surface area contributed by atoms with E-state index in [1.54, 1.807) is 0 Å². The fraction of sp³-hybridized carbons (Fsp3) is 0.0526. The number of furan rings is 2. The molecule has 0 unspecified atom stereocenters. The summed E-state index contributed by atoms with van der Waals surface area (Å²) in [5.41, 5.74) is 15.8. The van der Waals surface area contributed by atoms with Gasteiger partial charge in [-0.05, 0) is 136 Å². The molecule has 2 nitrogen and oxygen atoms in total. The third kappa shape index (κ3) is 4.57. The van der Waals surface area contributed by atoms with Gasteiger partial charge in [0.25, 0.3) is 0 Å². The molecule has 0 saturated carbocycles. The van der Waals surface area contributed by atoms with Gasteiger partial charge in [-0.2, -0.15) is 0 Å². The Bertz CT molecular complexity index is 3730. The maximum absolute atomic E-state index is 6.65. The topological polar surface area (TPSA) is 26.3 Å². The van der Waals surface area contributed by atoms with Gasteiger partial charge in [-0.3, -0.25) is 0 Å². The van der Waals surface area contributed by atoms with E-state index in [0.717, 1.165) is 49.4 Å². The summed E-state index contributed by atoms with van der Waals surface area (Å²) in [5.74, 6) is 0. The maximum Gasteiger partial charge on any atom is 0.178 e. The molecule has 1 aliphatic carbocycles. The van der Waals surface area contributed by atoms with E-state index in [0.29, 0.717) is 0 Å². The Morgan fingerprint density at radius 1 is 0.288 bits per heavy atom. The van der Waals surface area contributed by atoms with Crippen molar-refractivity contribution in [3.63, 3.8) is 0 Å². The molecule has 0 N–H and O–H groups in total. The Morgan fingerprint density at radius 2 is 0.695 bits per heavy atom. The highest BCUT2D eigenvalue weighted by Gasteiger charge is 2.35. The second kappa shape index (κ2) is 11.8. The van der Waals surface area contributed by atoms with E-state index < -0.39 is 0 Å². The van der Waals surface area contributed by atoms with Gasteiger partial charge in [-0.15, -0.1) is 0 Å². The van der Waals surface area contributed by atoms with Gasteiger partial charge in [0.15, 0.2) is 11.2 Å². The largest absolute Gasteiger partial charge is 0.452 e. The summed E-state index contributed by atoms with van der Waals surface area (Å²) in [5, 5.41) is 12.0. The first-order valence-electron chi connectivity index (χ1n) is 20.5. The zero-order chi connectivity index (χ0) is 39.0. The SMILES string of the molecule is CC1(C)c2ccccc2-c2ccc(-c3ccc4oc5c(ccc6c7cc(-c8ccccc8-c8ccc9c%10ccccc%10c%10ccccc%10c9c8)ccc7oc65)c4c3)cc21. The van der Waals surface area contributed by atoms with Crippen LogP contribution < -0.4 is 0 Å². The lowest BCUT2D eigenvalue weighted by Gasteiger charge is -2.22. The predicted octanol–water partition coefficient (Wildman–Crippen LogP) is 16.3. The molecular weight excluding hydrogens is 717 g/mol. The lowest BCUT2D eigenvalue weighted by molar-refractivity contribution is 0.633. The van der Waals surface area contributed by atoms with Crippen LogP contribution in [0, 0.1) is 0 Å². The summed E-state index contributed by atoms with van der Waals surface area (Å²) in [7, 11) is 0. The second-order valence-corrected chi connectivity index (χ2v) is 16.8. The third-order valence-corrected chi connectivity index (χ3v) is 13.3. The van der Waals surface area contributed by atoms with Gasteiger partial charge in [-0.25, -0.2) is 0 Å². The molecule has 0 radical (unpaired) electrons. The molecule has 13 rings (SSSR count). The first-order valence-corrected chi connectivity index (χ1v) is 20.5. The molecule has 0 aliphatic heterocycles. The molecule has 12 aromatic rings. The van der Waals surface area contributed by atoms with Crippen molar-refractivity contribution in [2.24, 2.45) is 0 Å². The van der Waals surface area contributed by atoms with Crippen molar-refractivity contribution >= 4 is 76.2 Å². The van der Waals surface area contributed by atoms with Crippen LogP contribution in [0.25, 0.3) is 121 Å². The van der Waals surface area contributed by atoms with Crippen LogP contribution in [0.5, 0.6) is 0 Å². The average molecular weight is 753 g/mol.